The number of hydrogen-bond acceptors (Lipinski definition) is 7. The molecule has 1 unspecified atom stereocenters. The van der Waals surface area contributed by atoms with E-state index in [1.54, 1.807) is 0 Å². The van der Waals surface area contributed by atoms with Gasteiger partial charge in [0.15, 0.2) is 5.82 Å². The van der Waals surface area contributed by atoms with Crippen molar-refractivity contribution in [3.8, 4) is 5.75 Å². The zero-order chi connectivity index (χ0) is 18.7. The van der Waals surface area contributed by atoms with Crippen LogP contribution in [0.4, 0.5) is 0 Å². The molecule has 0 saturated carbocycles. The first kappa shape index (κ1) is 18.7. The summed E-state index contributed by atoms with van der Waals surface area (Å²) in [7, 11) is 4.07. The van der Waals surface area contributed by atoms with Crippen molar-refractivity contribution in [2.75, 3.05) is 27.2 Å². The fraction of sp³-hybridized carbons (Fsp3) is 0.667. The third-order valence-electron chi connectivity index (χ3n) is 4.33. The van der Waals surface area contributed by atoms with Crippen molar-refractivity contribution in [3.63, 3.8) is 0 Å². The van der Waals surface area contributed by atoms with Gasteiger partial charge in [-0.2, -0.15) is 0 Å². The molecule has 1 fully saturated rings. The topological polar surface area (TPSA) is 72.2 Å². The van der Waals surface area contributed by atoms with Crippen LogP contribution in [0, 0.1) is 0 Å². The molecule has 142 valence electrons. The summed E-state index contributed by atoms with van der Waals surface area (Å²) < 4.78 is 8.09. The second-order valence-electron chi connectivity index (χ2n) is 8.16. The van der Waals surface area contributed by atoms with Gasteiger partial charge in [0.1, 0.15) is 11.9 Å². The van der Waals surface area contributed by atoms with Crippen LogP contribution >= 0.6 is 0 Å². The Morgan fingerprint density at radius 1 is 1.31 bits per heavy atom. The summed E-state index contributed by atoms with van der Waals surface area (Å²) in [5, 5.41) is 12.2. The molecule has 0 N–H and O–H groups in total. The van der Waals surface area contributed by atoms with E-state index in [0.29, 0.717) is 0 Å². The van der Waals surface area contributed by atoms with E-state index in [0.717, 1.165) is 49.9 Å². The van der Waals surface area contributed by atoms with Gasteiger partial charge < -0.3 is 9.64 Å². The van der Waals surface area contributed by atoms with Crippen LogP contribution in [0.15, 0.2) is 18.3 Å². The maximum atomic E-state index is 6.19. The van der Waals surface area contributed by atoms with Gasteiger partial charge in [-0.1, -0.05) is 0 Å². The lowest BCUT2D eigenvalue weighted by molar-refractivity contribution is 0.194. The largest absolute Gasteiger partial charge is 0.489 e. The van der Waals surface area contributed by atoms with Gasteiger partial charge in [0.05, 0.1) is 17.8 Å². The van der Waals surface area contributed by atoms with E-state index in [9.17, 15) is 0 Å². The van der Waals surface area contributed by atoms with E-state index in [1.807, 2.05) is 37.1 Å². The fourth-order valence-electron chi connectivity index (χ4n) is 3.19. The summed E-state index contributed by atoms with van der Waals surface area (Å²) in [6, 6.07) is 3.96. The lowest BCUT2D eigenvalue weighted by atomic mass is 10.1. The van der Waals surface area contributed by atoms with Gasteiger partial charge >= 0.3 is 0 Å². The van der Waals surface area contributed by atoms with Crippen LogP contribution in [0.1, 0.15) is 38.7 Å². The highest BCUT2D eigenvalue weighted by Gasteiger charge is 2.27. The molecule has 0 spiro atoms. The first-order valence-corrected chi connectivity index (χ1v) is 9.07. The Morgan fingerprint density at radius 2 is 2.12 bits per heavy atom. The molecular formula is C18H29N7O. The van der Waals surface area contributed by atoms with Crippen LogP contribution in [0.25, 0.3) is 0 Å². The molecule has 0 aliphatic carbocycles. The van der Waals surface area contributed by atoms with E-state index in [1.165, 1.54) is 0 Å². The number of hydrogen-bond donors (Lipinski definition) is 0. The summed E-state index contributed by atoms with van der Waals surface area (Å²) in [6.45, 7) is 9.74. The first-order valence-electron chi connectivity index (χ1n) is 9.07. The second kappa shape index (κ2) is 7.67. The van der Waals surface area contributed by atoms with Crippen molar-refractivity contribution in [2.45, 2.75) is 51.9 Å². The quantitative estimate of drug-likeness (QED) is 0.774. The van der Waals surface area contributed by atoms with E-state index in [4.69, 9.17) is 4.74 Å². The van der Waals surface area contributed by atoms with Crippen molar-refractivity contribution >= 4 is 0 Å². The number of tetrazole rings is 1. The Bertz CT molecular complexity index is 722. The zero-order valence-electron chi connectivity index (χ0n) is 16.4. The molecule has 1 saturated heterocycles. The average Bonchev–Trinajstić information content (AvgIpc) is 3.16. The SMILES string of the molecule is CN(C)Cc1cc(OC2CCN(Cc3nnnn3C(C)(C)C)C2)ccn1. The summed E-state index contributed by atoms with van der Waals surface area (Å²) in [6.07, 6.45) is 3.00. The molecule has 3 rings (SSSR count). The number of nitrogens with zero attached hydrogens (tertiary/aromatic N) is 7. The summed E-state index contributed by atoms with van der Waals surface area (Å²) in [5.74, 6) is 1.79. The Morgan fingerprint density at radius 3 is 2.85 bits per heavy atom. The average molecular weight is 359 g/mol. The number of rotatable bonds is 6. The predicted molar refractivity (Wildman–Crippen MR) is 98.8 cm³/mol. The van der Waals surface area contributed by atoms with Crippen LogP contribution in [0.5, 0.6) is 5.75 Å². The predicted octanol–water partition coefficient (Wildman–Crippen LogP) is 1.54. The maximum absolute atomic E-state index is 6.19. The lowest BCUT2D eigenvalue weighted by Gasteiger charge is -2.22. The highest BCUT2D eigenvalue weighted by Crippen LogP contribution is 2.21. The third kappa shape index (κ3) is 4.76. The molecule has 8 nitrogen and oxygen atoms in total. The number of pyridine rings is 1. The Balaban J connectivity index is 1.57. The summed E-state index contributed by atoms with van der Waals surface area (Å²) in [4.78, 5) is 8.84. The normalized spacial score (nSPS) is 18.6. The highest BCUT2D eigenvalue weighted by atomic mass is 16.5. The van der Waals surface area contributed by atoms with E-state index >= 15 is 0 Å². The van der Waals surface area contributed by atoms with Gasteiger partial charge in [-0.25, -0.2) is 4.68 Å². The van der Waals surface area contributed by atoms with Gasteiger partial charge in [-0.15, -0.1) is 5.10 Å². The molecule has 0 radical (unpaired) electrons. The van der Waals surface area contributed by atoms with E-state index in [-0.39, 0.29) is 11.6 Å². The van der Waals surface area contributed by atoms with Gasteiger partial charge in [-0.05, 0) is 57.8 Å². The monoisotopic (exact) mass is 359 g/mol. The van der Waals surface area contributed by atoms with Crippen LogP contribution in [0.3, 0.4) is 0 Å². The molecule has 3 heterocycles. The number of likely N-dealkylation sites (tertiary alicyclic amines) is 1. The van der Waals surface area contributed by atoms with Crippen molar-refractivity contribution in [1.82, 2.24) is 35.0 Å². The molecule has 0 aromatic carbocycles. The highest BCUT2D eigenvalue weighted by molar-refractivity contribution is 5.23. The Kier molecular flexibility index (Phi) is 5.52. The molecule has 1 aliphatic heterocycles. The summed E-state index contributed by atoms with van der Waals surface area (Å²) >= 11 is 0. The molecule has 0 amide bonds. The molecule has 2 aromatic rings. The molecule has 1 atom stereocenters. The van der Waals surface area contributed by atoms with Crippen molar-refractivity contribution in [1.29, 1.82) is 0 Å². The van der Waals surface area contributed by atoms with E-state index in [2.05, 4.69) is 51.1 Å². The Hall–Kier alpha value is -2.06. The lowest BCUT2D eigenvalue weighted by Crippen LogP contribution is -2.30. The molecular weight excluding hydrogens is 330 g/mol. The maximum Gasteiger partial charge on any atom is 0.165 e. The second-order valence-corrected chi connectivity index (χ2v) is 8.16. The minimum atomic E-state index is -0.117. The minimum Gasteiger partial charge on any atom is -0.489 e. The Labute approximate surface area is 155 Å². The fourth-order valence-corrected chi connectivity index (χ4v) is 3.19. The van der Waals surface area contributed by atoms with Gasteiger partial charge in [0, 0.05) is 31.9 Å². The third-order valence-corrected chi connectivity index (χ3v) is 4.33. The molecule has 8 heteroatoms. The van der Waals surface area contributed by atoms with Gasteiger partial charge in [0.2, 0.25) is 0 Å². The van der Waals surface area contributed by atoms with Crippen molar-refractivity contribution < 1.29 is 4.74 Å². The van der Waals surface area contributed by atoms with Gasteiger partial charge in [-0.3, -0.25) is 9.88 Å². The van der Waals surface area contributed by atoms with Crippen LogP contribution in [-0.2, 0) is 18.6 Å². The van der Waals surface area contributed by atoms with Crippen LogP contribution in [0.2, 0.25) is 0 Å². The van der Waals surface area contributed by atoms with Crippen LogP contribution in [-0.4, -0.2) is 68.3 Å². The van der Waals surface area contributed by atoms with Crippen LogP contribution < -0.4 is 4.74 Å². The van der Waals surface area contributed by atoms with Gasteiger partial charge in [0.25, 0.3) is 0 Å². The molecule has 1 aliphatic rings. The number of ether oxygens (including phenoxy) is 1. The molecule has 0 bridgehead atoms. The van der Waals surface area contributed by atoms with Crippen molar-refractivity contribution in [2.24, 2.45) is 0 Å². The van der Waals surface area contributed by atoms with Crippen molar-refractivity contribution in [3.05, 3.63) is 29.8 Å². The molecule has 26 heavy (non-hydrogen) atoms. The van der Waals surface area contributed by atoms with E-state index < -0.39 is 0 Å². The summed E-state index contributed by atoms with van der Waals surface area (Å²) in [5.41, 5.74) is 0.903. The molecule has 2 aromatic heterocycles. The number of aromatic nitrogens is 5. The first-order chi connectivity index (χ1) is 12.3. The standard InChI is InChI=1S/C18H29N7O/c1-18(2,3)25-17(20-21-22-25)13-24-9-7-16(12-24)26-15-6-8-19-14(10-15)11-23(4)5/h6,8,10,16H,7,9,11-13H2,1-5H3. The zero-order valence-corrected chi connectivity index (χ0v) is 16.4. The minimum absolute atomic E-state index is 0.117. The smallest absolute Gasteiger partial charge is 0.165 e.